The molecule has 0 fully saturated rings. The van der Waals surface area contributed by atoms with Crippen LogP contribution in [-0.2, 0) is 4.79 Å². The Bertz CT molecular complexity index is 195. The molecule has 4 heteroatoms. The van der Waals surface area contributed by atoms with Gasteiger partial charge in [0.1, 0.15) is 0 Å². The normalized spacial score (nSPS) is 13.7. The molecule has 0 bridgehead atoms. The van der Waals surface area contributed by atoms with Crippen molar-refractivity contribution in [2.45, 2.75) is 45.7 Å². The van der Waals surface area contributed by atoms with Gasteiger partial charge in [-0.1, -0.05) is 6.92 Å². The maximum Gasteiger partial charge on any atom is 0.239 e. The van der Waals surface area contributed by atoms with E-state index in [1.807, 2.05) is 32.5 Å². The molecule has 0 saturated carbocycles. The average Bonchev–Trinajstić information content (AvgIpc) is 2.14. The summed E-state index contributed by atoms with van der Waals surface area (Å²) in [4.78, 5) is 11.8. The van der Waals surface area contributed by atoms with Crippen LogP contribution in [0.1, 0.15) is 34.1 Å². The molecule has 0 aromatic rings. The second-order valence-electron chi connectivity index (χ2n) is 4.31. The van der Waals surface area contributed by atoms with Crippen molar-refractivity contribution < 1.29 is 4.79 Å². The van der Waals surface area contributed by atoms with E-state index in [2.05, 4.69) is 23.8 Å². The van der Waals surface area contributed by atoms with Crippen molar-refractivity contribution in [2.24, 2.45) is 0 Å². The van der Waals surface area contributed by atoms with Crippen LogP contribution in [0, 0.1) is 0 Å². The van der Waals surface area contributed by atoms with E-state index in [-0.39, 0.29) is 11.9 Å². The lowest BCUT2D eigenvalue weighted by Crippen LogP contribution is -2.54. The highest BCUT2D eigenvalue weighted by Gasteiger charge is 2.26. The summed E-state index contributed by atoms with van der Waals surface area (Å²) in [5.41, 5.74) is -0.470. The van der Waals surface area contributed by atoms with E-state index in [9.17, 15) is 4.79 Å². The smallest absolute Gasteiger partial charge is 0.239 e. The van der Waals surface area contributed by atoms with Gasteiger partial charge in [0.25, 0.3) is 0 Å². The average molecular weight is 232 g/mol. The number of amides is 1. The van der Waals surface area contributed by atoms with Crippen molar-refractivity contribution in [3.8, 4) is 0 Å². The SMILES string of the molecule is CCNC(C)(C)C(=O)NC(C)CCSC. The van der Waals surface area contributed by atoms with Gasteiger partial charge in [0, 0.05) is 6.04 Å². The van der Waals surface area contributed by atoms with Crippen LogP contribution in [0.15, 0.2) is 0 Å². The zero-order valence-corrected chi connectivity index (χ0v) is 11.3. The summed E-state index contributed by atoms with van der Waals surface area (Å²) in [5, 5.41) is 6.19. The monoisotopic (exact) mass is 232 g/mol. The van der Waals surface area contributed by atoms with Gasteiger partial charge in [-0.05, 0) is 45.7 Å². The van der Waals surface area contributed by atoms with Crippen LogP contribution in [0.3, 0.4) is 0 Å². The van der Waals surface area contributed by atoms with Gasteiger partial charge in [0.15, 0.2) is 0 Å². The fourth-order valence-corrected chi connectivity index (χ4v) is 1.88. The van der Waals surface area contributed by atoms with Gasteiger partial charge >= 0.3 is 0 Å². The van der Waals surface area contributed by atoms with E-state index < -0.39 is 5.54 Å². The number of likely N-dealkylation sites (N-methyl/N-ethyl adjacent to an activating group) is 1. The molecule has 0 aromatic heterocycles. The van der Waals surface area contributed by atoms with E-state index >= 15 is 0 Å². The standard InChI is InChI=1S/C11H24N2OS/c1-6-12-11(3,4)10(14)13-9(2)7-8-15-5/h9,12H,6-8H2,1-5H3,(H,13,14). The zero-order valence-electron chi connectivity index (χ0n) is 10.5. The topological polar surface area (TPSA) is 41.1 Å². The first-order valence-electron chi connectivity index (χ1n) is 5.49. The molecule has 1 unspecified atom stereocenters. The number of hydrogen-bond donors (Lipinski definition) is 2. The molecule has 0 heterocycles. The lowest BCUT2D eigenvalue weighted by atomic mass is 10.0. The summed E-state index contributed by atoms with van der Waals surface area (Å²) >= 11 is 1.81. The summed E-state index contributed by atoms with van der Waals surface area (Å²) in [5.74, 6) is 1.17. The fourth-order valence-electron chi connectivity index (χ4n) is 1.29. The first-order valence-corrected chi connectivity index (χ1v) is 6.88. The Hall–Kier alpha value is -0.220. The van der Waals surface area contributed by atoms with Crippen LogP contribution in [-0.4, -0.2) is 36.0 Å². The lowest BCUT2D eigenvalue weighted by molar-refractivity contribution is -0.127. The highest BCUT2D eigenvalue weighted by molar-refractivity contribution is 7.98. The minimum Gasteiger partial charge on any atom is -0.352 e. The molecule has 0 aliphatic carbocycles. The van der Waals surface area contributed by atoms with Crippen molar-refractivity contribution in [3.05, 3.63) is 0 Å². The largest absolute Gasteiger partial charge is 0.352 e. The van der Waals surface area contributed by atoms with Gasteiger partial charge in [0.05, 0.1) is 5.54 Å². The third kappa shape index (κ3) is 6.05. The Kier molecular flexibility index (Phi) is 7.02. The van der Waals surface area contributed by atoms with Crippen molar-refractivity contribution >= 4 is 17.7 Å². The molecular formula is C11H24N2OS. The van der Waals surface area contributed by atoms with Crippen LogP contribution >= 0.6 is 11.8 Å². The molecule has 0 radical (unpaired) electrons. The number of carbonyl (C=O) groups excluding carboxylic acids is 1. The van der Waals surface area contributed by atoms with E-state index in [1.165, 1.54) is 0 Å². The number of hydrogen-bond acceptors (Lipinski definition) is 3. The summed E-state index contributed by atoms with van der Waals surface area (Å²) in [6, 6.07) is 0.253. The minimum atomic E-state index is -0.470. The van der Waals surface area contributed by atoms with Crippen LogP contribution in [0.4, 0.5) is 0 Å². The van der Waals surface area contributed by atoms with E-state index in [4.69, 9.17) is 0 Å². The Morgan fingerprint density at radius 3 is 2.53 bits per heavy atom. The van der Waals surface area contributed by atoms with Gasteiger partial charge in [-0.25, -0.2) is 0 Å². The van der Waals surface area contributed by atoms with Crippen molar-refractivity contribution in [2.75, 3.05) is 18.6 Å². The molecule has 1 atom stereocenters. The number of rotatable bonds is 7. The van der Waals surface area contributed by atoms with Crippen molar-refractivity contribution in [1.29, 1.82) is 0 Å². The number of carbonyl (C=O) groups is 1. The first kappa shape index (κ1) is 14.8. The Morgan fingerprint density at radius 1 is 1.47 bits per heavy atom. The fraction of sp³-hybridized carbons (Fsp3) is 0.909. The summed E-state index contributed by atoms with van der Waals surface area (Å²) in [6.07, 6.45) is 3.10. The first-order chi connectivity index (χ1) is 6.94. The van der Waals surface area contributed by atoms with Gasteiger partial charge in [-0.3, -0.25) is 4.79 Å². The van der Waals surface area contributed by atoms with Gasteiger partial charge in [-0.2, -0.15) is 11.8 Å². The number of nitrogens with one attached hydrogen (secondary N) is 2. The van der Waals surface area contributed by atoms with E-state index in [0.29, 0.717) is 0 Å². The molecule has 0 aliphatic rings. The number of thioether (sulfide) groups is 1. The van der Waals surface area contributed by atoms with Gasteiger partial charge in [-0.15, -0.1) is 0 Å². The van der Waals surface area contributed by atoms with Gasteiger partial charge in [0.2, 0.25) is 5.91 Å². The van der Waals surface area contributed by atoms with Crippen LogP contribution in [0.2, 0.25) is 0 Å². The molecule has 0 aromatic carbocycles. The van der Waals surface area contributed by atoms with Gasteiger partial charge < -0.3 is 10.6 Å². The highest BCUT2D eigenvalue weighted by atomic mass is 32.2. The third-order valence-electron chi connectivity index (χ3n) is 2.32. The Labute approximate surface area is 97.8 Å². The molecule has 0 saturated heterocycles. The predicted molar refractivity (Wildman–Crippen MR) is 68.4 cm³/mol. The summed E-state index contributed by atoms with van der Waals surface area (Å²) in [7, 11) is 0. The second kappa shape index (κ2) is 7.12. The molecule has 0 rings (SSSR count). The molecule has 3 nitrogen and oxygen atoms in total. The predicted octanol–water partition coefficient (Wildman–Crippen LogP) is 1.63. The second-order valence-corrected chi connectivity index (χ2v) is 5.30. The van der Waals surface area contributed by atoms with Crippen molar-refractivity contribution in [1.82, 2.24) is 10.6 Å². The molecular weight excluding hydrogens is 208 g/mol. The molecule has 0 aliphatic heterocycles. The highest BCUT2D eigenvalue weighted by Crippen LogP contribution is 2.05. The quantitative estimate of drug-likeness (QED) is 0.701. The van der Waals surface area contributed by atoms with Crippen LogP contribution in [0.25, 0.3) is 0 Å². The molecule has 2 N–H and O–H groups in total. The molecule has 0 spiro atoms. The van der Waals surface area contributed by atoms with E-state index in [0.717, 1.165) is 18.7 Å². The zero-order chi connectivity index (χ0) is 11.9. The molecule has 1 amide bonds. The maximum atomic E-state index is 11.8. The summed E-state index contributed by atoms with van der Waals surface area (Å²) in [6.45, 7) is 8.68. The minimum absolute atomic E-state index is 0.0814. The lowest BCUT2D eigenvalue weighted by Gasteiger charge is -2.26. The third-order valence-corrected chi connectivity index (χ3v) is 2.96. The Balaban J connectivity index is 4.00. The molecule has 15 heavy (non-hydrogen) atoms. The van der Waals surface area contributed by atoms with Crippen LogP contribution < -0.4 is 10.6 Å². The van der Waals surface area contributed by atoms with E-state index in [1.54, 1.807) is 0 Å². The van der Waals surface area contributed by atoms with Crippen molar-refractivity contribution in [3.63, 3.8) is 0 Å². The maximum absolute atomic E-state index is 11.8. The molecule has 90 valence electrons. The van der Waals surface area contributed by atoms with Crippen LogP contribution in [0.5, 0.6) is 0 Å². The summed E-state index contributed by atoms with van der Waals surface area (Å²) < 4.78 is 0. The Morgan fingerprint density at radius 2 is 2.07 bits per heavy atom.